The van der Waals surface area contributed by atoms with E-state index in [2.05, 4.69) is 10.6 Å². The molecule has 2 saturated carbocycles. The minimum atomic E-state index is -0.494. The number of anilines is 2. The number of nitrogens with one attached hydrogen (secondary N) is 2. The van der Waals surface area contributed by atoms with Crippen molar-refractivity contribution in [3.05, 3.63) is 71.2 Å². The zero-order valence-corrected chi connectivity index (χ0v) is 23.4. The number of furan rings is 2. The number of hydrogen-bond acceptors (Lipinski definition) is 8. The number of ketones is 2. The fraction of sp³-hybridized carbons (Fsp3) is 0.353. The Morgan fingerprint density at radius 2 is 0.929 bits per heavy atom. The second kappa shape index (κ2) is 10.7. The van der Waals surface area contributed by atoms with Crippen LogP contribution >= 0.6 is 0 Å². The third kappa shape index (κ3) is 4.46. The summed E-state index contributed by atoms with van der Waals surface area (Å²) >= 11 is 0. The highest BCUT2D eigenvalue weighted by Gasteiger charge is 2.44. The molecule has 3 aliphatic carbocycles. The van der Waals surface area contributed by atoms with Crippen molar-refractivity contribution in [2.24, 2.45) is 0 Å². The maximum Gasteiger partial charge on any atom is 0.233 e. The largest absolute Gasteiger partial charge is 0.507 e. The summed E-state index contributed by atoms with van der Waals surface area (Å²) in [5.41, 5.74) is 1.68. The molecule has 0 saturated heterocycles. The highest BCUT2D eigenvalue weighted by molar-refractivity contribution is 6.32. The monoisotopic (exact) mass is 566 g/mol. The lowest BCUT2D eigenvalue weighted by atomic mass is 9.86. The summed E-state index contributed by atoms with van der Waals surface area (Å²) in [6.07, 6.45) is 10.4. The molecular formula is C34H34N2O6. The average molecular weight is 567 g/mol. The third-order valence-electron chi connectivity index (χ3n) is 8.91. The lowest BCUT2D eigenvalue weighted by molar-refractivity contribution is 0.0945. The Morgan fingerprint density at radius 3 is 1.31 bits per heavy atom. The number of rotatable bonds is 6. The Labute approximate surface area is 243 Å². The van der Waals surface area contributed by atoms with Gasteiger partial charge < -0.3 is 29.7 Å². The van der Waals surface area contributed by atoms with Crippen molar-refractivity contribution in [2.45, 2.75) is 76.3 Å². The van der Waals surface area contributed by atoms with E-state index in [0.717, 1.165) is 51.4 Å². The van der Waals surface area contributed by atoms with Crippen molar-refractivity contribution in [2.75, 3.05) is 10.6 Å². The van der Waals surface area contributed by atoms with E-state index < -0.39 is 11.6 Å². The van der Waals surface area contributed by atoms with Gasteiger partial charge in [0.15, 0.2) is 11.5 Å². The first-order valence-corrected chi connectivity index (χ1v) is 15.0. The van der Waals surface area contributed by atoms with Crippen molar-refractivity contribution >= 4 is 23.3 Å². The Balaban J connectivity index is 1.40. The lowest BCUT2D eigenvalue weighted by Gasteiger charge is -2.23. The zero-order chi connectivity index (χ0) is 28.8. The number of aromatic hydroxyl groups is 2. The number of hydrogen-bond donors (Lipinski definition) is 4. The normalized spacial score (nSPS) is 17.6. The van der Waals surface area contributed by atoms with Crippen LogP contribution in [0.15, 0.2) is 57.4 Å². The number of carbonyl (C=O) groups excluding carboxylic acids is 2. The smallest absolute Gasteiger partial charge is 0.233 e. The van der Waals surface area contributed by atoms with Crippen LogP contribution in [0.4, 0.5) is 11.8 Å². The van der Waals surface area contributed by atoms with Crippen LogP contribution in [0.25, 0.3) is 22.3 Å². The van der Waals surface area contributed by atoms with E-state index in [9.17, 15) is 19.8 Å². The Morgan fingerprint density at radius 1 is 0.548 bits per heavy atom. The molecule has 216 valence electrons. The van der Waals surface area contributed by atoms with Crippen LogP contribution in [0.3, 0.4) is 0 Å². The van der Waals surface area contributed by atoms with Gasteiger partial charge in [0.2, 0.25) is 23.3 Å². The predicted molar refractivity (Wildman–Crippen MR) is 159 cm³/mol. The molecule has 3 aliphatic rings. The van der Waals surface area contributed by atoms with Crippen LogP contribution in [0.1, 0.15) is 96.4 Å². The number of benzene rings is 2. The maximum atomic E-state index is 14.3. The fourth-order valence-corrected chi connectivity index (χ4v) is 6.79. The van der Waals surface area contributed by atoms with E-state index in [-0.39, 0.29) is 46.2 Å². The molecule has 4 N–H and O–H groups in total. The molecule has 0 unspecified atom stereocenters. The number of carbonyl (C=O) groups is 2. The van der Waals surface area contributed by atoms with Crippen molar-refractivity contribution < 1.29 is 28.6 Å². The van der Waals surface area contributed by atoms with Gasteiger partial charge in [0.05, 0.1) is 22.3 Å². The van der Waals surface area contributed by atoms with E-state index in [4.69, 9.17) is 8.83 Å². The fourth-order valence-electron chi connectivity index (χ4n) is 6.79. The molecule has 0 bridgehead atoms. The summed E-state index contributed by atoms with van der Waals surface area (Å²) in [5, 5.41) is 28.6. The molecule has 0 amide bonds. The molecule has 8 heteroatoms. The summed E-state index contributed by atoms with van der Waals surface area (Å²) in [7, 11) is 0. The van der Waals surface area contributed by atoms with Crippen molar-refractivity contribution in [1.29, 1.82) is 0 Å². The molecule has 2 heterocycles. The molecule has 0 spiro atoms. The van der Waals surface area contributed by atoms with Gasteiger partial charge in [-0.15, -0.1) is 0 Å². The third-order valence-corrected chi connectivity index (χ3v) is 8.91. The highest BCUT2D eigenvalue weighted by Crippen LogP contribution is 2.50. The highest BCUT2D eigenvalue weighted by atomic mass is 16.4. The lowest BCUT2D eigenvalue weighted by Crippen LogP contribution is -2.22. The zero-order valence-electron chi connectivity index (χ0n) is 23.4. The van der Waals surface area contributed by atoms with Gasteiger partial charge in [-0.3, -0.25) is 9.59 Å². The Kier molecular flexibility index (Phi) is 6.76. The molecule has 42 heavy (non-hydrogen) atoms. The molecular weight excluding hydrogens is 532 g/mol. The summed E-state index contributed by atoms with van der Waals surface area (Å²) < 4.78 is 12.5. The van der Waals surface area contributed by atoms with Gasteiger partial charge in [-0.1, -0.05) is 74.9 Å². The first-order valence-electron chi connectivity index (χ1n) is 15.0. The summed E-state index contributed by atoms with van der Waals surface area (Å²) in [4.78, 5) is 28.7. The van der Waals surface area contributed by atoms with Gasteiger partial charge in [0, 0.05) is 23.2 Å². The van der Waals surface area contributed by atoms with Crippen LogP contribution in [0.2, 0.25) is 0 Å². The quantitative estimate of drug-likeness (QED) is 0.164. The van der Waals surface area contributed by atoms with Crippen LogP contribution in [-0.4, -0.2) is 33.9 Å². The molecule has 8 nitrogen and oxygen atoms in total. The minimum absolute atomic E-state index is 0.0205. The number of phenols is 2. The second-order valence-corrected chi connectivity index (χ2v) is 11.7. The Bertz CT molecular complexity index is 1550. The summed E-state index contributed by atoms with van der Waals surface area (Å²) in [6, 6.07) is 13.7. The van der Waals surface area contributed by atoms with Crippen LogP contribution < -0.4 is 10.6 Å². The number of fused-ring (bicyclic) bond motifs is 2. The van der Waals surface area contributed by atoms with E-state index in [1.165, 1.54) is 12.8 Å². The van der Waals surface area contributed by atoms with Gasteiger partial charge >= 0.3 is 0 Å². The Hall–Kier alpha value is -4.46. The first-order chi connectivity index (χ1) is 20.5. The van der Waals surface area contributed by atoms with Crippen LogP contribution in [-0.2, 0) is 0 Å². The topological polar surface area (TPSA) is 125 Å². The maximum absolute atomic E-state index is 14.3. The SMILES string of the molecule is O=C1c2oc(NC3CCCCC3)c(-c3ccccc3O)c2C(=O)c2oc(NC3CCCCC3)c(-c3ccccc3O)c21. The van der Waals surface area contributed by atoms with Gasteiger partial charge in [-0.25, -0.2) is 0 Å². The minimum Gasteiger partial charge on any atom is -0.507 e. The van der Waals surface area contributed by atoms with Crippen molar-refractivity contribution in [3.63, 3.8) is 0 Å². The van der Waals surface area contributed by atoms with Gasteiger partial charge in [0.1, 0.15) is 11.5 Å². The molecule has 0 aliphatic heterocycles. The summed E-state index contributed by atoms with van der Waals surface area (Å²) in [6.45, 7) is 0. The second-order valence-electron chi connectivity index (χ2n) is 11.7. The van der Waals surface area contributed by atoms with Gasteiger partial charge in [-0.05, 0) is 37.8 Å². The van der Waals surface area contributed by atoms with Crippen molar-refractivity contribution in [1.82, 2.24) is 0 Å². The molecule has 2 aromatic heterocycles. The number of para-hydroxylation sites is 2. The molecule has 7 rings (SSSR count). The van der Waals surface area contributed by atoms with E-state index >= 15 is 0 Å². The van der Waals surface area contributed by atoms with Gasteiger partial charge in [-0.2, -0.15) is 0 Å². The molecule has 0 atom stereocenters. The van der Waals surface area contributed by atoms with Crippen LogP contribution in [0.5, 0.6) is 11.5 Å². The van der Waals surface area contributed by atoms with Crippen LogP contribution in [0, 0.1) is 0 Å². The molecule has 0 radical (unpaired) electrons. The van der Waals surface area contributed by atoms with Crippen molar-refractivity contribution in [3.8, 4) is 33.8 Å². The first kappa shape index (κ1) is 26.4. The molecule has 2 fully saturated rings. The standard InChI is InChI=1S/C34H34N2O6/c37-23-17-9-7-15-21(23)25-27-29(39)32-28(30(40)31(27)41-33(25)35-19-11-3-1-4-12-19)26(22-16-8-10-18-24(22)38)34(42-32)36-20-13-5-2-6-14-20/h7-10,15-20,35-38H,1-6,11-14H2. The summed E-state index contributed by atoms with van der Waals surface area (Å²) in [5.74, 6) is -0.620. The molecule has 4 aromatic rings. The van der Waals surface area contributed by atoms with Gasteiger partial charge in [0.25, 0.3) is 0 Å². The molecule has 2 aromatic carbocycles. The average Bonchev–Trinajstić information content (AvgIpc) is 3.57. The number of phenolic OH excluding ortho intramolecular Hbond substituents is 2. The predicted octanol–water partition coefficient (Wildman–Crippen LogP) is 7.88. The van der Waals surface area contributed by atoms with E-state index in [1.54, 1.807) is 48.5 Å². The van der Waals surface area contributed by atoms with E-state index in [0.29, 0.717) is 34.0 Å². The van der Waals surface area contributed by atoms with E-state index in [1.807, 2.05) is 0 Å².